The number of hydrogen-bond donors (Lipinski definition) is 1. The Balaban J connectivity index is 1.77. The van der Waals surface area contributed by atoms with Crippen LogP contribution in [-0.4, -0.2) is 39.5 Å². The lowest BCUT2D eigenvalue weighted by molar-refractivity contribution is 0.0849. The van der Waals surface area contributed by atoms with Gasteiger partial charge >= 0.3 is 5.69 Å². The Morgan fingerprint density at radius 3 is 2.75 bits per heavy atom. The molecule has 1 amide bonds. The van der Waals surface area contributed by atoms with E-state index in [0.717, 1.165) is 22.1 Å². The molecule has 32 heavy (non-hydrogen) atoms. The summed E-state index contributed by atoms with van der Waals surface area (Å²) in [6, 6.07) is 11.8. The lowest BCUT2D eigenvalue weighted by Crippen LogP contribution is -2.46. The highest BCUT2D eigenvalue weighted by Crippen LogP contribution is 2.13. The molecule has 2 aromatic carbocycles. The second-order valence-corrected chi connectivity index (χ2v) is 7.83. The summed E-state index contributed by atoms with van der Waals surface area (Å²) < 4.78 is 20.9. The van der Waals surface area contributed by atoms with Crippen molar-refractivity contribution < 1.29 is 13.9 Å². The van der Waals surface area contributed by atoms with Crippen LogP contribution < -0.4 is 16.6 Å². The van der Waals surface area contributed by atoms with E-state index < -0.39 is 28.7 Å². The third-order valence-corrected chi connectivity index (χ3v) is 5.31. The van der Waals surface area contributed by atoms with Crippen LogP contribution in [0.4, 0.5) is 4.39 Å². The van der Waals surface area contributed by atoms with E-state index in [1.807, 2.05) is 0 Å². The smallest absolute Gasteiger partial charge is 0.352 e. The number of benzene rings is 2. The Morgan fingerprint density at radius 2 is 2.03 bits per heavy atom. The van der Waals surface area contributed by atoms with Gasteiger partial charge in [0.25, 0.3) is 11.5 Å². The van der Waals surface area contributed by atoms with Crippen LogP contribution in [0.15, 0.2) is 58.1 Å². The zero-order valence-electron chi connectivity index (χ0n) is 17.0. The predicted molar refractivity (Wildman–Crippen MR) is 116 cm³/mol. The maximum absolute atomic E-state index is 13.6. The number of halogens is 2. The van der Waals surface area contributed by atoms with Crippen molar-refractivity contribution in [1.29, 1.82) is 0 Å². The minimum atomic E-state index is -0.873. The van der Waals surface area contributed by atoms with Crippen molar-refractivity contribution in [3.05, 3.63) is 91.5 Å². The fraction of sp³-hybridized carbons (Fsp3) is 0.273. The first-order chi connectivity index (χ1) is 15.4. The van der Waals surface area contributed by atoms with Crippen LogP contribution in [0, 0.1) is 5.82 Å². The molecule has 0 radical (unpaired) electrons. The summed E-state index contributed by atoms with van der Waals surface area (Å²) in [5.41, 5.74) is -1.44. The summed E-state index contributed by atoms with van der Waals surface area (Å²) in [6.07, 6.45) is 1.57. The molecule has 2 heterocycles. The predicted octanol–water partition coefficient (Wildman–Crippen LogP) is 2.14. The molecule has 0 aliphatic carbocycles. The van der Waals surface area contributed by atoms with Gasteiger partial charge in [0.15, 0.2) is 0 Å². The highest BCUT2D eigenvalue weighted by atomic mass is 35.5. The van der Waals surface area contributed by atoms with E-state index in [9.17, 15) is 18.8 Å². The Morgan fingerprint density at radius 1 is 1.22 bits per heavy atom. The van der Waals surface area contributed by atoms with Gasteiger partial charge in [-0.05, 0) is 48.7 Å². The molecule has 0 saturated carbocycles. The maximum Gasteiger partial charge on any atom is 0.352 e. The minimum Gasteiger partial charge on any atom is -0.376 e. The summed E-state index contributed by atoms with van der Waals surface area (Å²) in [5, 5.41) is 7.03. The molecule has 1 fully saturated rings. The highest BCUT2D eigenvalue weighted by Gasteiger charge is 2.23. The molecule has 3 aromatic rings. The minimum absolute atomic E-state index is 0.132. The summed E-state index contributed by atoms with van der Waals surface area (Å²) in [6.45, 7) is 0.615. The van der Waals surface area contributed by atoms with E-state index in [0.29, 0.717) is 17.2 Å². The van der Waals surface area contributed by atoms with Crippen LogP contribution in [0.5, 0.6) is 0 Å². The third kappa shape index (κ3) is 4.79. The third-order valence-electron chi connectivity index (χ3n) is 5.07. The summed E-state index contributed by atoms with van der Waals surface area (Å²) in [7, 11) is 0. The van der Waals surface area contributed by atoms with Crippen LogP contribution in [0.25, 0.3) is 5.69 Å². The van der Waals surface area contributed by atoms with Crippen LogP contribution >= 0.6 is 11.6 Å². The van der Waals surface area contributed by atoms with Gasteiger partial charge in [0.2, 0.25) is 5.69 Å². The molecule has 1 atom stereocenters. The Bertz CT molecular complexity index is 1270. The fourth-order valence-electron chi connectivity index (χ4n) is 3.49. The van der Waals surface area contributed by atoms with E-state index in [2.05, 4.69) is 10.4 Å². The lowest BCUT2D eigenvalue weighted by Gasteiger charge is -2.14. The van der Waals surface area contributed by atoms with Gasteiger partial charge < -0.3 is 10.1 Å². The average molecular weight is 459 g/mol. The van der Waals surface area contributed by atoms with Crippen molar-refractivity contribution in [3.8, 4) is 5.69 Å². The van der Waals surface area contributed by atoms with Crippen molar-refractivity contribution in [2.75, 3.05) is 13.2 Å². The highest BCUT2D eigenvalue weighted by molar-refractivity contribution is 6.30. The number of nitrogens with zero attached hydrogens (tertiary/aromatic N) is 3. The molecule has 1 aliphatic rings. The van der Waals surface area contributed by atoms with Gasteiger partial charge in [-0.1, -0.05) is 29.8 Å². The number of aromatic nitrogens is 3. The van der Waals surface area contributed by atoms with E-state index >= 15 is 0 Å². The van der Waals surface area contributed by atoms with Crippen molar-refractivity contribution in [1.82, 2.24) is 19.7 Å². The molecule has 0 spiro atoms. The van der Waals surface area contributed by atoms with Gasteiger partial charge in [-0.3, -0.25) is 14.2 Å². The van der Waals surface area contributed by atoms with Crippen LogP contribution in [-0.2, 0) is 11.3 Å². The summed E-state index contributed by atoms with van der Waals surface area (Å²) in [4.78, 5) is 38.9. The Kier molecular flexibility index (Phi) is 6.48. The monoisotopic (exact) mass is 458 g/mol. The molecular weight excluding hydrogens is 439 g/mol. The maximum atomic E-state index is 13.6. The first kappa shape index (κ1) is 21.9. The summed E-state index contributed by atoms with van der Waals surface area (Å²) >= 11 is 6.04. The average Bonchev–Trinajstić information content (AvgIpc) is 3.29. The molecule has 10 heteroatoms. The largest absolute Gasteiger partial charge is 0.376 e. The zero-order chi connectivity index (χ0) is 22.7. The Hall–Kier alpha value is -3.30. The topological polar surface area (TPSA) is 95.2 Å². The number of amides is 1. The van der Waals surface area contributed by atoms with E-state index in [1.165, 1.54) is 24.3 Å². The molecule has 1 saturated heterocycles. The van der Waals surface area contributed by atoms with Gasteiger partial charge in [-0.25, -0.2) is 9.18 Å². The molecule has 8 nitrogen and oxygen atoms in total. The van der Waals surface area contributed by atoms with E-state index in [-0.39, 0.29) is 24.9 Å². The quantitative estimate of drug-likeness (QED) is 0.610. The van der Waals surface area contributed by atoms with Crippen LogP contribution in [0.2, 0.25) is 5.02 Å². The molecule has 0 bridgehead atoms. The van der Waals surface area contributed by atoms with Gasteiger partial charge in [-0.2, -0.15) is 9.78 Å². The van der Waals surface area contributed by atoms with Crippen molar-refractivity contribution in [2.45, 2.75) is 25.5 Å². The first-order valence-electron chi connectivity index (χ1n) is 10.1. The zero-order valence-corrected chi connectivity index (χ0v) is 17.7. The first-order valence-corrected chi connectivity index (χ1v) is 10.4. The molecule has 1 aliphatic heterocycles. The number of ether oxygens (including phenoxy) is 1. The second-order valence-electron chi connectivity index (χ2n) is 7.39. The van der Waals surface area contributed by atoms with Crippen LogP contribution in [0.1, 0.15) is 28.9 Å². The molecule has 1 N–H and O–H groups in total. The molecular formula is C22H20ClFN4O4. The second kappa shape index (κ2) is 9.46. The Labute approximate surface area is 187 Å². The van der Waals surface area contributed by atoms with Gasteiger partial charge in [0, 0.05) is 18.2 Å². The van der Waals surface area contributed by atoms with Gasteiger partial charge in [0.1, 0.15) is 5.82 Å². The molecule has 166 valence electrons. The molecule has 1 unspecified atom stereocenters. The number of carbonyl (C=O) groups excluding carboxylic acids is 1. The van der Waals surface area contributed by atoms with Crippen LogP contribution in [0.3, 0.4) is 0 Å². The fourth-order valence-corrected chi connectivity index (χ4v) is 3.67. The number of carbonyl (C=O) groups is 1. The van der Waals surface area contributed by atoms with Gasteiger partial charge in [0.05, 0.1) is 18.3 Å². The normalized spacial score (nSPS) is 15.6. The van der Waals surface area contributed by atoms with Crippen molar-refractivity contribution >= 4 is 17.5 Å². The standard InChI is InChI=1S/C22H20ClFN4O4/c23-15-5-2-7-17(11-15)28-22(31)27(13-14-4-1-6-16(24)10-14)21(30)19(26-28)20(29)25-12-18-8-3-9-32-18/h1-2,4-7,10-11,18H,3,8-9,12-13H2,(H,25,29). The van der Waals surface area contributed by atoms with E-state index in [4.69, 9.17) is 16.3 Å². The lowest BCUT2D eigenvalue weighted by atomic mass is 10.2. The SMILES string of the molecule is O=C(NCC1CCCO1)c1nn(-c2cccc(Cl)c2)c(=O)n(Cc2cccc(F)c2)c1=O. The number of nitrogens with one attached hydrogen (secondary N) is 1. The van der Waals surface area contributed by atoms with Gasteiger partial charge in [-0.15, -0.1) is 0 Å². The molecule has 1 aromatic heterocycles. The van der Waals surface area contributed by atoms with Crippen molar-refractivity contribution in [3.63, 3.8) is 0 Å². The summed E-state index contributed by atoms with van der Waals surface area (Å²) in [5.74, 6) is -1.23. The van der Waals surface area contributed by atoms with Crippen molar-refractivity contribution in [2.24, 2.45) is 0 Å². The van der Waals surface area contributed by atoms with E-state index in [1.54, 1.807) is 24.3 Å². The number of rotatable bonds is 6. The number of hydrogen-bond acceptors (Lipinski definition) is 5. The molecule has 4 rings (SSSR count).